The monoisotopic (exact) mass is 224 g/mol. The molecular formula is C11H16N2O3. The number of hydrogen-bond donors (Lipinski definition) is 3. The Balaban J connectivity index is 2.50. The molecule has 88 valence electrons. The molecule has 0 saturated carbocycles. The van der Waals surface area contributed by atoms with Crippen LogP contribution in [-0.4, -0.2) is 30.3 Å². The molecule has 0 heterocycles. The molecule has 0 bridgehead atoms. The number of ether oxygens (including phenoxy) is 1. The Labute approximate surface area is 94.2 Å². The van der Waals surface area contributed by atoms with E-state index in [1.54, 1.807) is 31.2 Å². The van der Waals surface area contributed by atoms with Crippen LogP contribution in [0.3, 0.4) is 0 Å². The van der Waals surface area contributed by atoms with Crippen LogP contribution < -0.4 is 11.1 Å². The standard InChI is InChI=1S/C11H16N2O3/c1-8(16-6-5-14)11(15)13-10-4-2-3-9(12)7-10/h2-4,7-8,14H,5-6,12H2,1H3,(H,13,15). The summed E-state index contributed by atoms with van der Waals surface area (Å²) < 4.78 is 5.06. The van der Waals surface area contributed by atoms with Crippen LogP contribution in [0.15, 0.2) is 24.3 Å². The highest BCUT2D eigenvalue weighted by atomic mass is 16.5. The van der Waals surface area contributed by atoms with Gasteiger partial charge in [-0.3, -0.25) is 4.79 Å². The van der Waals surface area contributed by atoms with Crippen LogP contribution in [0.2, 0.25) is 0 Å². The summed E-state index contributed by atoms with van der Waals surface area (Å²) in [6.45, 7) is 1.67. The summed E-state index contributed by atoms with van der Waals surface area (Å²) in [7, 11) is 0. The van der Waals surface area contributed by atoms with Gasteiger partial charge in [-0.2, -0.15) is 0 Å². The van der Waals surface area contributed by atoms with E-state index in [4.69, 9.17) is 15.6 Å². The van der Waals surface area contributed by atoms with Crippen LogP contribution in [0.1, 0.15) is 6.92 Å². The number of nitrogens with one attached hydrogen (secondary N) is 1. The van der Waals surface area contributed by atoms with Crippen molar-refractivity contribution < 1.29 is 14.6 Å². The molecule has 5 nitrogen and oxygen atoms in total. The van der Waals surface area contributed by atoms with Crippen LogP contribution in [-0.2, 0) is 9.53 Å². The number of anilines is 2. The average Bonchev–Trinajstić information content (AvgIpc) is 2.25. The molecule has 4 N–H and O–H groups in total. The zero-order chi connectivity index (χ0) is 12.0. The third kappa shape index (κ3) is 3.88. The van der Waals surface area contributed by atoms with Crippen molar-refractivity contribution in [2.45, 2.75) is 13.0 Å². The lowest BCUT2D eigenvalue weighted by Crippen LogP contribution is -2.28. The molecule has 0 aromatic heterocycles. The van der Waals surface area contributed by atoms with Gasteiger partial charge in [0.05, 0.1) is 13.2 Å². The number of benzene rings is 1. The first-order chi connectivity index (χ1) is 7.63. The number of aliphatic hydroxyl groups is 1. The summed E-state index contributed by atoms with van der Waals surface area (Å²) in [5.41, 5.74) is 6.79. The third-order valence-electron chi connectivity index (χ3n) is 1.98. The molecule has 1 aromatic rings. The van der Waals surface area contributed by atoms with Crippen molar-refractivity contribution in [1.82, 2.24) is 0 Å². The molecule has 0 aliphatic carbocycles. The Morgan fingerprint density at radius 2 is 2.38 bits per heavy atom. The van der Waals surface area contributed by atoms with E-state index in [0.717, 1.165) is 0 Å². The Morgan fingerprint density at radius 1 is 1.62 bits per heavy atom. The summed E-state index contributed by atoms with van der Waals surface area (Å²) in [5, 5.41) is 11.2. The van der Waals surface area contributed by atoms with Crippen LogP contribution >= 0.6 is 0 Å². The van der Waals surface area contributed by atoms with Gasteiger partial charge in [-0.1, -0.05) is 6.07 Å². The van der Waals surface area contributed by atoms with Gasteiger partial charge in [0.1, 0.15) is 6.10 Å². The number of nitrogen functional groups attached to an aromatic ring is 1. The number of carbonyl (C=O) groups is 1. The van der Waals surface area contributed by atoms with Crippen molar-refractivity contribution in [3.63, 3.8) is 0 Å². The number of rotatable bonds is 5. The van der Waals surface area contributed by atoms with Gasteiger partial charge in [-0.25, -0.2) is 0 Å². The molecule has 0 aliphatic rings. The lowest BCUT2D eigenvalue weighted by molar-refractivity contribution is -0.126. The van der Waals surface area contributed by atoms with Crippen molar-refractivity contribution >= 4 is 17.3 Å². The fourth-order valence-corrected chi connectivity index (χ4v) is 1.17. The Bertz CT molecular complexity index is 355. The smallest absolute Gasteiger partial charge is 0.253 e. The Hall–Kier alpha value is -1.59. The Morgan fingerprint density at radius 3 is 3.00 bits per heavy atom. The Kier molecular flexibility index (Phi) is 4.75. The van der Waals surface area contributed by atoms with Gasteiger partial charge >= 0.3 is 0 Å². The van der Waals surface area contributed by atoms with Gasteiger partial charge in [0.15, 0.2) is 0 Å². The van der Waals surface area contributed by atoms with Gasteiger partial charge in [0.2, 0.25) is 0 Å². The second-order valence-corrected chi connectivity index (χ2v) is 3.35. The van der Waals surface area contributed by atoms with E-state index in [1.807, 2.05) is 0 Å². The highest BCUT2D eigenvalue weighted by molar-refractivity contribution is 5.94. The van der Waals surface area contributed by atoms with Gasteiger partial charge in [-0.15, -0.1) is 0 Å². The minimum atomic E-state index is -0.603. The van der Waals surface area contributed by atoms with Crippen molar-refractivity contribution in [2.75, 3.05) is 24.3 Å². The lowest BCUT2D eigenvalue weighted by Gasteiger charge is -2.12. The zero-order valence-corrected chi connectivity index (χ0v) is 9.14. The van der Waals surface area contributed by atoms with Crippen LogP contribution in [0, 0.1) is 0 Å². The molecule has 5 heteroatoms. The first kappa shape index (κ1) is 12.5. The van der Waals surface area contributed by atoms with Crippen LogP contribution in [0.25, 0.3) is 0 Å². The molecular weight excluding hydrogens is 208 g/mol. The number of aliphatic hydroxyl groups excluding tert-OH is 1. The maximum Gasteiger partial charge on any atom is 0.253 e. The van der Waals surface area contributed by atoms with E-state index in [1.165, 1.54) is 0 Å². The topological polar surface area (TPSA) is 84.6 Å². The van der Waals surface area contributed by atoms with E-state index in [2.05, 4.69) is 5.32 Å². The van der Waals surface area contributed by atoms with Gasteiger partial charge in [0, 0.05) is 11.4 Å². The molecule has 0 saturated heterocycles. The van der Waals surface area contributed by atoms with Crippen LogP contribution in [0.5, 0.6) is 0 Å². The summed E-state index contributed by atoms with van der Waals surface area (Å²) in [6, 6.07) is 6.90. The number of hydrogen-bond acceptors (Lipinski definition) is 4. The largest absolute Gasteiger partial charge is 0.399 e. The normalized spacial score (nSPS) is 12.1. The predicted molar refractivity (Wildman–Crippen MR) is 62.0 cm³/mol. The highest BCUT2D eigenvalue weighted by Gasteiger charge is 2.12. The molecule has 1 unspecified atom stereocenters. The predicted octanol–water partition coefficient (Wildman–Crippen LogP) is 0.605. The fourth-order valence-electron chi connectivity index (χ4n) is 1.17. The minimum Gasteiger partial charge on any atom is -0.399 e. The van der Waals surface area contributed by atoms with Gasteiger partial charge in [-0.05, 0) is 25.1 Å². The van der Waals surface area contributed by atoms with Crippen LogP contribution in [0.4, 0.5) is 11.4 Å². The number of nitrogens with two attached hydrogens (primary N) is 1. The molecule has 1 amide bonds. The van der Waals surface area contributed by atoms with E-state index < -0.39 is 6.10 Å². The molecule has 1 aromatic carbocycles. The van der Waals surface area contributed by atoms with E-state index in [-0.39, 0.29) is 19.1 Å². The lowest BCUT2D eigenvalue weighted by atomic mass is 10.2. The van der Waals surface area contributed by atoms with Gasteiger partial charge in [0.25, 0.3) is 5.91 Å². The maximum absolute atomic E-state index is 11.6. The second kappa shape index (κ2) is 6.09. The maximum atomic E-state index is 11.6. The minimum absolute atomic E-state index is 0.101. The molecule has 0 fully saturated rings. The highest BCUT2D eigenvalue weighted by Crippen LogP contribution is 2.12. The van der Waals surface area contributed by atoms with Crippen molar-refractivity contribution in [3.8, 4) is 0 Å². The van der Waals surface area contributed by atoms with Crippen molar-refractivity contribution in [3.05, 3.63) is 24.3 Å². The van der Waals surface area contributed by atoms with Crippen molar-refractivity contribution in [2.24, 2.45) is 0 Å². The molecule has 1 atom stereocenters. The summed E-state index contributed by atoms with van der Waals surface area (Å²) in [5.74, 6) is -0.265. The molecule has 0 radical (unpaired) electrons. The SMILES string of the molecule is CC(OCCO)C(=O)Nc1cccc(N)c1. The second-order valence-electron chi connectivity index (χ2n) is 3.35. The quantitative estimate of drug-likeness (QED) is 0.639. The number of carbonyl (C=O) groups excluding carboxylic acids is 1. The number of amides is 1. The summed E-state index contributed by atoms with van der Waals surface area (Å²) >= 11 is 0. The third-order valence-corrected chi connectivity index (χ3v) is 1.98. The molecule has 16 heavy (non-hydrogen) atoms. The van der Waals surface area contributed by atoms with E-state index in [9.17, 15) is 4.79 Å². The molecule has 0 spiro atoms. The summed E-state index contributed by atoms with van der Waals surface area (Å²) in [4.78, 5) is 11.6. The summed E-state index contributed by atoms with van der Waals surface area (Å²) in [6.07, 6.45) is -0.603. The van der Waals surface area contributed by atoms with E-state index in [0.29, 0.717) is 11.4 Å². The zero-order valence-electron chi connectivity index (χ0n) is 9.14. The molecule has 0 aliphatic heterocycles. The average molecular weight is 224 g/mol. The fraction of sp³-hybridized carbons (Fsp3) is 0.364. The van der Waals surface area contributed by atoms with E-state index >= 15 is 0 Å². The first-order valence-electron chi connectivity index (χ1n) is 5.02. The first-order valence-corrected chi connectivity index (χ1v) is 5.02. The molecule has 1 rings (SSSR count). The van der Waals surface area contributed by atoms with Crippen molar-refractivity contribution in [1.29, 1.82) is 0 Å². The van der Waals surface area contributed by atoms with Gasteiger partial charge < -0.3 is 20.9 Å².